The maximum absolute atomic E-state index is 9.13. The largest absolute Gasteiger partial charge is 0.461 e. The molecule has 2 N–H and O–H groups in total. The molecule has 0 spiro atoms. The molecule has 0 saturated carbocycles. The number of rotatable bonds is 4. The summed E-state index contributed by atoms with van der Waals surface area (Å²) in [5.41, 5.74) is 3.41. The predicted octanol–water partition coefficient (Wildman–Crippen LogP) is 4.23. The molecule has 182 valence electrons. The molecule has 0 unspecified atom stereocenters. The van der Waals surface area contributed by atoms with Crippen molar-refractivity contribution in [1.82, 2.24) is 29.4 Å². The molecule has 0 atom stereocenters. The zero-order valence-corrected chi connectivity index (χ0v) is 19.9. The van der Waals surface area contributed by atoms with Crippen molar-refractivity contribution >= 4 is 40.0 Å². The Bertz CT molecular complexity index is 1820. The van der Waals surface area contributed by atoms with Crippen molar-refractivity contribution < 1.29 is 4.42 Å². The number of aromatic nitrogens is 6. The van der Waals surface area contributed by atoms with Gasteiger partial charge in [0.15, 0.2) is 17.1 Å². The number of guanidine groups is 1. The number of nitriles is 2. The molecular formula is C26H17N11O. The molecule has 12 nitrogen and oxygen atoms in total. The standard InChI is InChI=1S/C26H17N11O/c1-36-15-20-22(34-36)32-26(37-24(20)31-23(35-37)21-3-2-12-38-21)33-25(29-18-8-4-16(13-27)5-9-18)30-19-10-6-17(14-28)7-11-19/h2-12,15H,1H3,(H2,29,30,32,33,34). The van der Waals surface area contributed by atoms with Crippen molar-refractivity contribution in [3.63, 3.8) is 0 Å². The van der Waals surface area contributed by atoms with E-state index in [1.165, 1.54) is 4.52 Å². The molecule has 0 bridgehead atoms. The van der Waals surface area contributed by atoms with Crippen LogP contribution >= 0.6 is 0 Å². The fourth-order valence-electron chi connectivity index (χ4n) is 3.78. The van der Waals surface area contributed by atoms with Crippen LogP contribution in [-0.2, 0) is 7.05 Å². The summed E-state index contributed by atoms with van der Waals surface area (Å²) >= 11 is 0. The van der Waals surface area contributed by atoms with Crippen molar-refractivity contribution in [3.8, 4) is 23.7 Å². The number of aliphatic imine (C=N–C) groups is 1. The van der Waals surface area contributed by atoms with Gasteiger partial charge in [-0.15, -0.1) is 5.10 Å². The van der Waals surface area contributed by atoms with E-state index in [0.29, 0.717) is 56.7 Å². The van der Waals surface area contributed by atoms with Gasteiger partial charge < -0.3 is 15.1 Å². The Balaban J connectivity index is 1.49. The van der Waals surface area contributed by atoms with Crippen LogP contribution in [0.4, 0.5) is 17.3 Å². The molecule has 0 saturated heterocycles. The predicted molar refractivity (Wildman–Crippen MR) is 139 cm³/mol. The first-order chi connectivity index (χ1) is 18.6. The van der Waals surface area contributed by atoms with E-state index in [-0.39, 0.29) is 5.95 Å². The molecule has 0 fully saturated rings. The maximum Gasteiger partial charge on any atom is 0.258 e. The van der Waals surface area contributed by atoms with Gasteiger partial charge in [0.2, 0.25) is 11.8 Å². The molecule has 38 heavy (non-hydrogen) atoms. The summed E-state index contributed by atoms with van der Waals surface area (Å²) in [6.07, 6.45) is 3.37. The van der Waals surface area contributed by atoms with Gasteiger partial charge in [0.05, 0.1) is 34.9 Å². The Hall–Kier alpha value is -6.01. The normalized spacial score (nSPS) is 10.7. The SMILES string of the molecule is Cn1cc2c(nc(N=C(Nc3ccc(C#N)cc3)Nc3ccc(C#N)cc3)n3nc(-c4ccco4)nc23)n1. The Morgan fingerprint density at radius 2 is 1.55 bits per heavy atom. The first kappa shape index (κ1) is 22.5. The molecule has 0 aliphatic carbocycles. The minimum Gasteiger partial charge on any atom is -0.461 e. The van der Waals surface area contributed by atoms with Crippen molar-refractivity contribution in [2.75, 3.05) is 10.6 Å². The Morgan fingerprint density at radius 3 is 2.13 bits per heavy atom. The zero-order chi connectivity index (χ0) is 26.1. The summed E-state index contributed by atoms with van der Waals surface area (Å²) < 4.78 is 8.68. The lowest BCUT2D eigenvalue weighted by molar-refractivity contribution is 0.577. The summed E-state index contributed by atoms with van der Waals surface area (Å²) in [6.45, 7) is 0. The van der Waals surface area contributed by atoms with Gasteiger partial charge in [0, 0.05) is 24.6 Å². The van der Waals surface area contributed by atoms with Gasteiger partial charge in [-0.25, -0.2) is 4.98 Å². The Kier molecular flexibility index (Phi) is 5.45. The van der Waals surface area contributed by atoms with Crippen LogP contribution in [0.1, 0.15) is 11.1 Å². The minimum absolute atomic E-state index is 0.216. The highest BCUT2D eigenvalue weighted by molar-refractivity contribution is 6.05. The molecule has 4 aromatic heterocycles. The van der Waals surface area contributed by atoms with E-state index >= 15 is 0 Å². The second-order valence-corrected chi connectivity index (χ2v) is 8.19. The third-order valence-corrected chi connectivity index (χ3v) is 5.56. The molecule has 4 heterocycles. The monoisotopic (exact) mass is 499 g/mol. The first-order valence-corrected chi connectivity index (χ1v) is 11.4. The number of furan rings is 1. The number of nitrogens with one attached hydrogen (secondary N) is 2. The fraction of sp³-hybridized carbons (Fsp3) is 0.0385. The maximum atomic E-state index is 9.13. The zero-order valence-electron chi connectivity index (χ0n) is 19.9. The van der Waals surface area contributed by atoms with Crippen LogP contribution in [0.2, 0.25) is 0 Å². The van der Waals surface area contributed by atoms with Crippen molar-refractivity contribution in [1.29, 1.82) is 10.5 Å². The number of fused-ring (bicyclic) bond motifs is 3. The number of anilines is 2. The fourth-order valence-corrected chi connectivity index (χ4v) is 3.78. The lowest BCUT2D eigenvalue weighted by Crippen LogP contribution is -2.22. The van der Waals surface area contributed by atoms with Crippen LogP contribution in [0.15, 0.2) is 82.5 Å². The van der Waals surface area contributed by atoms with Gasteiger partial charge in [-0.05, 0) is 60.7 Å². The molecule has 12 heteroatoms. The lowest BCUT2D eigenvalue weighted by atomic mass is 10.2. The van der Waals surface area contributed by atoms with Gasteiger partial charge in [0.25, 0.3) is 5.95 Å². The summed E-state index contributed by atoms with van der Waals surface area (Å²) in [7, 11) is 1.80. The molecule has 0 amide bonds. The highest BCUT2D eigenvalue weighted by Crippen LogP contribution is 2.25. The number of hydrogen-bond acceptors (Lipinski definition) is 8. The van der Waals surface area contributed by atoms with Crippen LogP contribution in [0.5, 0.6) is 0 Å². The van der Waals surface area contributed by atoms with E-state index in [4.69, 9.17) is 19.9 Å². The summed E-state index contributed by atoms with van der Waals surface area (Å²) in [5, 5.41) is 34.5. The second kappa shape index (κ2) is 9.22. The number of hydrogen-bond donors (Lipinski definition) is 2. The molecule has 6 aromatic rings. The lowest BCUT2D eigenvalue weighted by Gasteiger charge is -2.13. The molecule has 2 aromatic carbocycles. The minimum atomic E-state index is 0.216. The van der Waals surface area contributed by atoms with Gasteiger partial charge in [-0.3, -0.25) is 4.68 Å². The van der Waals surface area contributed by atoms with Crippen molar-refractivity contribution in [2.45, 2.75) is 0 Å². The second-order valence-electron chi connectivity index (χ2n) is 8.19. The van der Waals surface area contributed by atoms with Crippen LogP contribution < -0.4 is 10.6 Å². The third kappa shape index (κ3) is 4.25. The number of benzene rings is 2. The van der Waals surface area contributed by atoms with Crippen molar-refractivity contribution in [2.24, 2.45) is 12.0 Å². The summed E-state index contributed by atoms with van der Waals surface area (Å²) in [6, 6.07) is 21.6. The van der Waals surface area contributed by atoms with Crippen LogP contribution in [-0.4, -0.2) is 35.3 Å². The first-order valence-electron chi connectivity index (χ1n) is 11.4. The summed E-state index contributed by atoms with van der Waals surface area (Å²) in [4.78, 5) is 14.1. The Morgan fingerprint density at radius 1 is 0.895 bits per heavy atom. The quantitative estimate of drug-likeness (QED) is 0.267. The summed E-state index contributed by atoms with van der Waals surface area (Å²) in [5.74, 6) is 1.42. The van der Waals surface area contributed by atoms with Crippen molar-refractivity contribution in [3.05, 3.63) is 84.3 Å². The van der Waals surface area contributed by atoms with Gasteiger partial charge in [-0.2, -0.15) is 30.1 Å². The van der Waals surface area contributed by atoms with E-state index in [9.17, 15) is 0 Å². The molecule has 0 aliphatic rings. The average Bonchev–Trinajstić information content (AvgIpc) is 3.69. The molecular weight excluding hydrogens is 482 g/mol. The number of nitrogens with zero attached hydrogens (tertiary/aromatic N) is 9. The van der Waals surface area contributed by atoms with Crippen LogP contribution in [0.25, 0.3) is 28.3 Å². The smallest absolute Gasteiger partial charge is 0.258 e. The van der Waals surface area contributed by atoms with Crippen LogP contribution in [0.3, 0.4) is 0 Å². The van der Waals surface area contributed by atoms with Crippen LogP contribution in [0, 0.1) is 22.7 Å². The van der Waals surface area contributed by atoms with E-state index in [1.807, 2.05) is 6.20 Å². The highest BCUT2D eigenvalue weighted by Gasteiger charge is 2.18. The molecule has 6 rings (SSSR count). The van der Waals surface area contributed by atoms with Gasteiger partial charge in [-0.1, -0.05) is 0 Å². The molecule has 0 aliphatic heterocycles. The van der Waals surface area contributed by atoms with Gasteiger partial charge >= 0.3 is 0 Å². The molecule has 0 radical (unpaired) electrons. The van der Waals surface area contributed by atoms with E-state index < -0.39 is 0 Å². The highest BCUT2D eigenvalue weighted by atomic mass is 16.3. The number of aryl methyl sites for hydroxylation is 1. The van der Waals surface area contributed by atoms with E-state index in [2.05, 4.69) is 42.9 Å². The Labute approximate surface area is 215 Å². The third-order valence-electron chi connectivity index (χ3n) is 5.56. The van der Waals surface area contributed by atoms with E-state index in [1.54, 1.807) is 78.7 Å². The van der Waals surface area contributed by atoms with Gasteiger partial charge in [0.1, 0.15) is 0 Å². The topological polar surface area (TPSA) is 158 Å². The average molecular weight is 499 g/mol. The van der Waals surface area contributed by atoms with E-state index in [0.717, 1.165) is 0 Å².